The predicted octanol–water partition coefficient (Wildman–Crippen LogP) is 3.35. The summed E-state index contributed by atoms with van der Waals surface area (Å²) in [6.07, 6.45) is 3.75. The molecule has 0 radical (unpaired) electrons. The van der Waals surface area contributed by atoms with E-state index in [1.165, 1.54) is 6.08 Å². The molecule has 0 saturated carbocycles. The number of ether oxygens (including phenoxy) is 4. The Hall–Kier alpha value is -3.06. The zero-order valence-electron chi connectivity index (χ0n) is 17.6. The molecule has 0 atom stereocenters. The van der Waals surface area contributed by atoms with Gasteiger partial charge in [-0.15, -0.1) is 0 Å². The molecule has 0 bridgehead atoms. The van der Waals surface area contributed by atoms with Crippen LogP contribution in [0.25, 0.3) is 6.08 Å². The van der Waals surface area contributed by atoms with Crippen molar-refractivity contribution in [2.45, 2.75) is 26.8 Å². The number of carbonyl (C=O) groups excluding carboxylic acids is 2. The summed E-state index contributed by atoms with van der Waals surface area (Å²) < 4.78 is 23.5. The van der Waals surface area contributed by atoms with Crippen molar-refractivity contribution in [3.8, 4) is 11.5 Å². The molecule has 160 valence electrons. The molecule has 2 aromatic rings. The van der Waals surface area contributed by atoms with E-state index >= 15 is 0 Å². The van der Waals surface area contributed by atoms with E-state index in [0.29, 0.717) is 43.4 Å². The number of aromatic nitrogens is 1. The Bertz CT molecular complexity index is 943. The highest BCUT2D eigenvalue weighted by Crippen LogP contribution is 2.30. The quantitative estimate of drug-likeness (QED) is 0.375. The van der Waals surface area contributed by atoms with Crippen LogP contribution >= 0.6 is 0 Å². The lowest BCUT2D eigenvalue weighted by atomic mass is 10.1. The molecular weight excluding hydrogens is 386 g/mol. The molecule has 7 nitrogen and oxygen atoms in total. The van der Waals surface area contributed by atoms with E-state index in [0.717, 1.165) is 23.4 Å². The van der Waals surface area contributed by atoms with Crippen molar-refractivity contribution >= 4 is 17.8 Å². The second-order valence-electron chi connectivity index (χ2n) is 7.05. The largest absolute Gasteiger partial charge is 0.490 e. The molecule has 0 fully saturated rings. The van der Waals surface area contributed by atoms with Crippen LogP contribution < -0.4 is 9.47 Å². The lowest BCUT2D eigenvalue weighted by molar-refractivity contribution is -0.136. The van der Waals surface area contributed by atoms with Crippen LogP contribution in [-0.4, -0.2) is 49.9 Å². The molecule has 1 aliphatic heterocycles. The lowest BCUT2D eigenvalue weighted by Gasteiger charge is -2.08. The normalized spacial score (nSPS) is 13.3. The number of methoxy groups -OCH3 is 1. The molecule has 1 aromatic heterocycles. The molecule has 0 aliphatic carbocycles. The summed E-state index contributed by atoms with van der Waals surface area (Å²) in [7, 11) is 1.64. The first-order valence-electron chi connectivity index (χ1n) is 9.93. The Morgan fingerprint density at radius 1 is 1.13 bits per heavy atom. The number of benzene rings is 1. The Kier molecular flexibility index (Phi) is 7.30. The zero-order chi connectivity index (χ0) is 21.5. The standard InChI is InChI=1S/C23H27NO6/c1-16-13-19(17(2)24(16)9-12-27-3)20(25)15-30-23(26)8-6-18-5-7-21-22(14-18)29-11-4-10-28-21/h5-8,13-14H,4,9-12,15H2,1-3H3/b8-6+. The van der Waals surface area contributed by atoms with Gasteiger partial charge in [-0.2, -0.15) is 0 Å². The highest BCUT2D eigenvalue weighted by molar-refractivity contribution is 6.00. The maximum Gasteiger partial charge on any atom is 0.331 e. The summed E-state index contributed by atoms with van der Waals surface area (Å²) in [5, 5.41) is 0. The molecule has 3 rings (SSSR count). The van der Waals surface area contributed by atoms with Crippen molar-refractivity contribution in [1.82, 2.24) is 4.57 Å². The van der Waals surface area contributed by atoms with Crippen molar-refractivity contribution in [2.24, 2.45) is 0 Å². The minimum atomic E-state index is -0.580. The molecule has 1 aliphatic rings. The summed E-state index contributed by atoms with van der Waals surface area (Å²) in [6.45, 7) is 5.95. The lowest BCUT2D eigenvalue weighted by Crippen LogP contribution is -2.14. The molecule has 0 N–H and O–H groups in total. The van der Waals surface area contributed by atoms with Crippen LogP contribution in [0.2, 0.25) is 0 Å². The fraction of sp³-hybridized carbons (Fsp3) is 0.391. The van der Waals surface area contributed by atoms with Crippen molar-refractivity contribution in [1.29, 1.82) is 0 Å². The highest BCUT2D eigenvalue weighted by Gasteiger charge is 2.17. The van der Waals surface area contributed by atoms with Gasteiger partial charge in [-0.1, -0.05) is 6.07 Å². The van der Waals surface area contributed by atoms with Crippen LogP contribution in [0.15, 0.2) is 30.3 Å². The number of aryl methyl sites for hydroxylation is 1. The smallest absolute Gasteiger partial charge is 0.331 e. The fourth-order valence-electron chi connectivity index (χ4n) is 3.32. The van der Waals surface area contributed by atoms with E-state index < -0.39 is 5.97 Å². The number of Topliss-reactive ketones (excluding diaryl/α,β-unsaturated/α-hetero) is 1. The number of fused-ring (bicyclic) bond motifs is 1. The molecular formula is C23H27NO6. The minimum Gasteiger partial charge on any atom is -0.490 e. The Morgan fingerprint density at radius 3 is 2.67 bits per heavy atom. The summed E-state index contributed by atoms with van der Waals surface area (Å²) in [5.41, 5.74) is 3.15. The average molecular weight is 413 g/mol. The minimum absolute atomic E-state index is 0.232. The van der Waals surface area contributed by atoms with Crippen LogP contribution in [0, 0.1) is 13.8 Å². The molecule has 2 heterocycles. The number of rotatable bonds is 8. The maximum absolute atomic E-state index is 12.5. The molecule has 0 spiro atoms. The molecule has 0 unspecified atom stereocenters. The zero-order valence-corrected chi connectivity index (χ0v) is 17.6. The van der Waals surface area contributed by atoms with Gasteiger partial charge < -0.3 is 23.5 Å². The number of ketones is 1. The van der Waals surface area contributed by atoms with Gasteiger partial charge in [-0.3, -0.25) is 4.79 Å². The second-order valence-corrected chi connectivity index (χ2v) is 7.05. The van der Waals surface area contributed by atoms with E-state index in [1.54, 1.807) is 13.2 Å². The summed E-state index contributed by atoms with van der Waals surface area (Å²) in [4.78, 5) is 24.6. The van der Waals surface area contributed by atoms with Gasteiger partial charge in [0.25, 0.3) is 0 Å². The topological polar surface area (TPSA) is 76.0 Å². The van der Waals surface area contributed by atoms with E-state index in [4.69, 9.17) is 18.9 Å². The monoisotopic (exact) mass is 413 g/mol. The molecule has 1 aromatic carbocycles. The summed E-state index contributed by atoms with van der Waals surface area (Å²) in [5.74, 6) is 0.538. The number of nitrogens with zero attached hydrogens (tertiary/aromatic N) is 1. The van der Waals surface area contributed by atoms with Crippen molar-refractivity contribution in [3.05, 3.63) is 52.9 Å². The summed E-state index contributed by atoms with van der Waals surface area (Å²) >= 11 is 0. The Balaban J connectivity index is 1.57. The van der Waals surface area contributed by atoms with Gasteiger partial charge in [-0.05, 0) is 43.7 Å². The number of hydrogen-bond donors (Lipinski definition) is 0. The van der Waals surface area contributed by atoms with Gasteiger partial charge in [0.15, 0.2) is 18.1 Å². The average Bonchev–Trinajstić information content (AvgIpc) is 2.90. The number of hydrogen-bond acceptors (Lipinski definition) is 6. The molecule has 7 heteroatoms. The van der Waals surface area contributed by atoms with Gasteiger partial charge in [-0.25, -0.2) is 4.79 Å². The fourth-order valence-corrected chi connectivity index (χ4v) is 3.32. The van der Waals surface area contributed by atoms with Crippen LogP contribution in [0.4, 0.5) is 0 Å². The Morgan fingerprint density at radius 2 is 1.90 bits per heavy atom. The third-order valence-corrected chi connectivity index (χ3v) is 4.92. The molecule has 0 saturated heterocycles. The van der Waals surface area contributed by atoms with Crippen LogP contribution in [0.1, 0.15) is 33.7 Å². The number of esters is 1. The van der Waals surface area contributed by atoms with Crippen molar-refractivity contribution < 1.29 is 28.5 Å². The van der Waals surface area contributed by atoms with Crippen LogP contribution in [-0.2, 0) is 20.8 Å². The predicted molar refractivity (Wildman–Crippen MR) is 112 cm³/mol. The van der Waals surface area contributed by atoms with Gasteiger partial charge in [0.1, 0.15) is 0 Å². The highest BCUT2D eigenvalue weighted by atomic mass is 16.5. The third-order valence-electron chi connectivity index (χ3n) is 4.92. The maximum atomic E-state index is 12.5. The molecule has 0 amide bonds. The van der Waals surface area contributed by atoms with Gasteiger partial charge in [0.2, 0.25) is 5.78 Å². The van der Waals surface area contributed by atoms with Crippen molar-refractivity contribution in [2.75, 3.05) is 33.5 Å². The second kappa shape index (κ2) is 10.1. The third kappa shape index (κ3) is 5.30. The SMILES string of the molecule is COCCn1c(C)cc(C(=O)COC(=O)/C=C/c2ccc3c(c2)OCCCO3)c1C. The Labute approximate surface area is 176 Å². The molecule has 30 heavy (non-hydrogen) atoms. The first-order chi connectivity index (χ1) is 14.5. The van der Waals surface area contributed by atoms with Gasteiger partial charge in [0.05, 0.1) is 19.8 Å². The van der Waals surface area contributed by atoms with E-state index in [-0.39, 0.29) is 12.4 Å². The first kappa shape index (κ1) is 21.6. The van der Waals surface area contributed by atoms with Crippen LogP contribution in [0.5, 0.6) is 11.5 Å². The van der Waals surface area contributed by atoms with Crippen molar-refractivity contribution in [3.63, 3.8) is 0 Å². The summed E-state index contributed by atoms with van der Waals surface area (Å²) in [6, 6.07) is 7.27. The van der Waals surface area contributed by atoms with Crippen LogP contribution in [0.3, 0.4) is 0 Å². The van der Waals surface area contributed by atoms with Gasteiger partial charge in [0, 0.05) is 43.1 Å². The van der Waals surface area contributed by atoms with Gasteiger partial charge >= 0.3 is 5.97 Å². The number of carbonyl (C=O) groups is 2. The first-order valence-corrected chi connectivity index (χ1v) is 9.93. The van der Waals surface area contributed by atoms with E-state index in [2.05, 4.69) is 0 Å². The van der Waals surface area contributed by atoms with E-state index in [1.807, 2.05) is 42.7 Å². The van der Waals surface area contributed by atoms with E-state index in [9.17, 15) is 9.59 Å².